The number of ether oxygens (including phenoxy) is 1. The lowest BCUT2D eigenvalue weighted by molar-refractivity contribution is -0.384. The number of anilines is 2. The molecule has 2 aromatic heterocycles. The number of aromatic nitrogens is 3. The summed E-state index contributed by atoms with van der Waals surface area (Å²) in [5.74, 6) is 0.929. The van der Waals surface area contributed by atoms with Gasteiger partial charge in [-0.15, -0.1) is 22.0 Å². The molecule has 292 valence electrons. The summed E-state index contributed by atoms with van der Waals surface area (Å²) in [5, 5.41) is 25.4. The third-order valence-electron chi connectivity index (χ3n) is 9.46. The predicted octanol–water partition coefficient (Wildman–Crippen LogP) is 6.64. The van der Waals surface area contributed by atoms with Gasteiger partial charge in [-0.2, -0.15) is 0 Å². The maximum Gasteiger partial charge on any atom is 0.293 e. The molecule has 14 nitrogen and oxygen atoms in total. The Kier molecular flexibility index (Phi) is 12.2. The van der Waals surface area contributed by atoms with Gasteiger partial charge < -0.3 is 15.0 Å². The van der Waals surface area contributed by atoms with Crippen LogP contribution in [0.1, 0.15) is 23.0 Å². The van der Waals surface area contributed by atoms with E-state index in [2.05, 4.69) is 60.6 Å². The molecular formula is C41H40N8O6S2. The van der Waals surface area contributed by atoms with E-state index in [9.17, 15) is 23.3 Å². The van der Waals surface area contributed by atoms with Crippen LogP contribution in [0.15, 0.2) is 125 Å². The number of pyridine rings is 1. The Morgan fingerprint density at radius 2 is 1.67 bits per heavy atom. The van der Waals surface area contributed by atoms with Gasteiger partial charge in [0.1, 0.15) is 11.4 Å². The number of piperazine rings is 1. The second kappa shape index (κ2) is 17.8. The van der Waals surface area contributed by atoms with Gasteiger partial charge in [0, 0.05) is 67.7 Å². The van der Waals surface area contributed by atoms with Gasteiger partial charge >= 0.3 is 0 Å². The van der Waals surface area contributed by atoms with Crippen molar-refractivity contribution in [1.82, 2.24) is 24.8 Å². The minimum atomic E-state index is -4.47. The summed E-state index contributed by atoms with van der Waals surface area (Å²) < 4.78 is 33.9. The van der Waals surface area contributed by atoms with E-state index in [1.807, 2.05) is 60.3 Å². The Morgan fingerprint density at radius 3 is 2.40 bits per heavy atom. The number of fused-ring (bicyclic) bond motifs is 1. The van der Waals surface area contributed by atoms with E-state index < -0.39 is 31.4 Å². The van der Waals surface area contributed by atoms with Crippen molar-refractivity contribution in [2.24, 2.45) is 0 Å². The molecule has 1 fully saturated rings. The fourth-order valence-corrected chi connectivity index (χ4v) is 8.41. The van der Waals surface area contributed by atoms with E-state index in [0.29, 0.717) is 37.8 Å². The third-order valence-corrected chi connectivity index (χ3v) is 11.8. The lowest BCUT2D eigenvalue weighted by atomic mass is 9.95. The summed E-state index contributed by atoms with van der Waals surface area (Å²) in [6.45, 7) is 6.59. The maximum absolute atomic E-state index is 13.1. The van der Waals surface area contributed by atoms with Gasteiger partial charge in [0.15, 0.2) is 11.5 Å². The molecule has 0 aliphatic carbocycles. The van der Waals surface area contributed by atoms with Crippen LogP contribution in [-0.4, -0.2) is 84.4 Å². The van der Waals surface area contributed by atoms with Crippen LogP contribution < -0.4 is 19.7 Å². The molecule has 0 saturated carbocycles. The number of benzene rings is 4. The minimum absolute atomic E-state index is 0.169. The number of hydrogen-bond acceptors (Lipinski definition) is 13. The quantitative estimate of drug-likeness (QED) is 0.0490. The van der Waals surface area contributed by atoms with Crippen molar-refractivity contribution in [1.29, 1.82) is 0 Å². The van der Waals surface area contributed by atoms with Crippen molar-refractivity contribution in [3.63, 3.8) is 0 Å². The number of thioether (sulfide) groups is 1. The first-order valence-corrected chi connectivity index (χ1v) is 20.8. The number of carbonyl (C=O) groups excluding carboxylic acids is 1. The van der Waals surface area contributed by atoms with Crippen molar-refractivity contribution in [3.8, 4) is 16.9 Å². The maximum atomic E-state index is 13.1. The lowest BCUT2D eigenvalue weighted by Crippen LogP contribution is -2.46. The summed E-state index contributed by atoms with van der Waals surface area (Å²) in [5.41, 5.74) is 2.85. The first kappa shape index (κ1) is 39.1. The first-order valence-electron chi connectivity index (χ1n) is 18.4. The standard InChI is InChI=1S/C41H40N8O6S2/c1-2-55-31-24-30(26-42-27-31)35-14-12-29(34-10-6-7-11-36(34)35)28-47-19-21-48(22-20-47)40-17-16-38(44-45-40)41(50)46-57(53,54)33-13-15-37(39(25-33)49(51)52)43-18-23-56-32-8-4-3-5-9-32/h3-17,24-27,43H,2,18-23,28H2,1H3,(H,46,50). The van der Waals surface area contributed by atoms with Gasteiger partial charge in [-0.25, -0.2) is 13.1 Å². The average molecular weight is 805 g/mol. The van der Waals surface area contributed by atoms with Crippen LogP contribution in [0.25, 0.3) is 21.9 Å². The largest absolute Gasteiger partial charge is 0.492 e. The number of nitro benzene ring substituents is 1. The lowest BCUT2D eigenvalue weighted by Gasteiger charge is -2.35. The van der Waals surface area contributed by atoms with Crippen molar-refractivity contribution >= 4 is 55.7 Å². The van der Waals surface area contributed by atoms with Crippen molar-refractivity contribution < 1.29 is 22.9 Å². The molecule has 1 saturated heterocycles. The first-order chi connectivity index (χ1) is 27.7. The van der Waals surface area contributed by atoms with E-state index in [4.69, 9.17) is 4.74 Å². The highest BCUT2D eigenvalue weighted by Crippen LogP contribution is 2.33. The van der Waals surface area contributed by atoms with Gasteiger partial charge in [-0.05, 0) is 71.3 Å². The molecule has 0 radical (unpaired) electrons. The Labute approximate surface area is 334 Å². The Hall–Kier alpha value is -6.10. The van der Waals surface area contributed by atoms with Crippen LogP contribution in [0.4, 0.5) is 17.2 Å². The monoisotopic (exact) mass is 804 g/mol. The van der Waals surface area contributed by atoms with Crippen molar-refractivity contribution in [2.75, 3.05) is 55.3 Å². The number of amides is 1. The second-order valence-electron chi connectivity index (χ2n) is 13.2. The van der Waals surface area contributed by atoms with Crippen LogP contribution in [0.3, 0.4) is 0 Å². The van der Waals surface area contributed by atoms with Gasteiger partial charge in [0.25, 0.3) is 21.6 Å². The van der Waals surface area contributed by atoms with Crippen LogP contribution in [0.5, 0.6) is 5.75 Å². The molecule has 7 rings (SSSR count). The van der Waals surface area contributed by atoms with Gasteiger partial charge in [-0.3, -0.25) is 24.8 Å². The van der Waals surface area contributed by atoms with Crippen molar-refractivity contribution in [2.45, 2.75) is 23.3 Å². The zero-order chi connectivity index (χ0) is 39.8. The van der Waals surface area contributed by atoms with Crippen LogP contribution >= 0.6 is 11.8 Å². The molecular weight excluding hydrogens is 765 g/mol. The molecule has 1 amide bonds. The highest BCUT2D eigenvalue weighted by atomic mass is 32.2. The second-order valence-corrected chi connectivity index (χ2v) is 16.0. The highest BCUT2D eigenvalue weighted by Gasteiger charge is 2.25. The number of sulfonamides is 1. The molecule has 1 aliphatic rings. The van der Waals surface area contributed by atoms with Crippen LogP contribution in [-0.2, 0) is 16.6 Å². The summed E-state index contributed by atoms with van der Waals surface area (Å²) in [6.07, 6.45) is 3.58. The number of hydrogen-bond donors (Lipinski definition) is 2. The number of nitrogens with zero attached hydrogens (tertiary/aromatic N) is 6. The highest BCUT2D eigenvalue weighted by molar-refractivity contribution is 7.99. The van der Waals surface area contributed by atoms with E-state index in [1.165, 1.54) is 29.1 Å². The van der Waals surface area contributed by atoms with E-state index in [-0.39, 0.29) is 11.4 Å². The summed E-state index contributed by atoms with van der Waals surface area (Å²) >= 11 is 1.58. The van der Waals surface area contributed by atoms with E-state index >= 15 is 0 Å². The topological polar surface area (TPSA) is 173 Å². The summed E-state index contributed by atoms with van der Waals surface area (Å²) in [7, 11) is -4.47. The third kappa shape index (κ3) is 9.48. The molecule has 0 bridgehead atoms. The molecule has 2 N–H and O–H groups in total. The van der Waals surface area contributed by atoms with Crippen LogP contribution in [0.2, 0.25) is 0 Å². The molecule has 57 heavy (non-hydrogen) atoms. The number of nitro groups is 1. The molecule has 6 aromatic rings. The van der Waals surface area contributed by atoms with Crippen LogP contribution in [0, 0.1) is 10.1 Å². The summed E-state index contributed by atoms with van der Waals surface area (Å²) in [6, 6.07) is 30.9. The molecule has 0 spiro atoms. The predicted molar refractivity (Wildman–Crippen MR) is 221 cm³/mol. The Balaban J connectivity index is 0.940. The SMILES string of the molecule is CCOc1cncc(-c2ccc(CN3CCN(c4ccc(C(=O)NS(=O)(=O)c5ccc(NCCSc6ccccc6)c([N+](=O)[O-])c5)nn4)CC3)c3ccccc23)c1. The normalized spacial score (nSPS) is 13.3. The van der Waals surface area contributed by atoms with Gasteiger partial charge in [-0.1, -0.05) is 54.6 Å². The number of nitrogens with one attached hydrogen (secondary N) is 2. The fraction of sp³-hybridized carbons (Fsp3) is 0.220. The average Bonchev–Trinajstić information content (AvgIpc) is 3.23. The smallest absolute Gasteiger partial charge is 0.293 e. The number of carbonyl (C=O) groups is 1. The van der Waals surface area contributed by atoms with Gasteiger partial charge in [0.2, 0.25) is 0 Å². The zero-order valence-corrected chi connectivity index (χ0v) is 32.7. The zero-order valence-electron chi connectivity index (χ0n) is 31.1. The van der Waals surface area contributed by atoms with E-state index in [1.54, 1.807) is 24.0 Å². The molecule has 1 aliphatic heterocycles. The molecule has 16 heteroatoms. The molecule has 0 unspecified atom stereocenters. The molecule has 0 atom stereocenters. The summed E-state index contributed by atoms with van der Waals surface area (Å²) in [4.78, 5) is 33.6. The Bertz CT molecular complexity index is 2480. The fourth-order valence-electron chi connectivity index (χ4n) is 6.64. The molecule has 3 heterocycles. The van der Waals surface area contributed by atoms with E-state index in [0.717, 1.165) is 52.9 Å². The number of rotatable bonds is 15. The molecule has 4 aromatic carbocycles. The minimum Gasteiger partial charge on any atom is -0.492 e. The Morgan fingerprint density at radius 1 is 0.895 bits per heavy atom. The van der Waals surface area contributed by atoms with Crippen molar-refractivity contribution in [3.05, 3.63) is 137 Å². The van der Waals surface area contributed by atoms with Gasteiger partial charge in [0.05, 0.1) is 22.6 Å².